The molecule has 1 fully saturated rings. The van der Waals surface area contributed by atoms with Gasteiger partial charge in [-0.2, -0.15) is 0 Å². The molecule has 1 saturated carbocycles. The molecule has 2 aromatic rings. The Bertz CT molecular complexity index is 955. The van der Waals surface area contributed by atoms with Crippen LogP contribution in [0.2, 0.25) is 0 Å². The number of amides is 1. The van der Waals surface area contributed by atoms with Crippen molar-refractivity contribution < 1.29 is 9.53 Å². The highest BCUT2D eigenvalue weighted by molar-refractivity contribution is 5.79. The number of rotatable bonds is 7. The van der Waals surface area contributed by atoms with Crippen molar-refractivity contribution in [3.63, 3.8) is 0 Å². The number of hydrogen-bond donors (Lipinski definition) is 2. The minimum atomic E-state index is -0.0983. The van der Waals surface area contributed by atoms with Gasteiger partial charge in [-0.15, -0.1) is 0 Å². The van der Waals surface area contributed by atoms with Crippen LogP contribution in [0.4, 0.5) is 0 Å². The molecule has 2 aliphatic rings. The summed E-state index contributed by atoms with van der Waals surface area (Å²) in [4.78, 5) is 34.5. The van der Waals surface area contributed by atoms with Crippen molar-refractivity contribution in [3.8, 4) is 11.4 Å². The Morgan fingerprint density at radius 1 is 1.14 bits per heavy atom. The van der Waals surface area contributed by atoms with E-state index in [0.29, 0.717) is 36.6 Å². The Labute approximate surface area is 216 Å². The molecule has 0 bridgehead atoms. The molecule has 0 spiro atoms. The zero-order valence-electron chi connectivity index (χ0n) is 22.7. The van der Waals surface area contributed by atoms with Gasteiger partial charge in [0.1, 0.15) is 5.82 Å². The number of hydrogen-bond acceptors (Lipinski definition) is 5. The van der Waals surface area contributed by atoms with Crippen LogP contribution in [0.25, 0.3) is 11.4 Å². The SMILES string of the molecule is CCC.CCCCCOCC.N[C@@H]1CC[C@H](C(=O)N2CCc3c(nc(-c4ccccc4)[nH]c3=O)C2)C1. The second-order valence-electron chi connectivity index (χ2n) is 9.60. The molecule has 7 nitrogen and oxygen atoms in total. The number of aromatic nitrogens is 2. The molecular formula is C29H46N4O3. The van der Waals surface area contributed by atoms with E-state index in [4.69, 9.17) is 10.5 Å². The first-order valence-corrected chi connectivity index (χ1v) is 13.7. The third-order valence-electron chi connectivity index (χ3n) is 6.35. The van der Waals surface area contributed by atoms with Gasteiger partial charge in [0.15, 0.2) is 0 Å². The molecule has 1 amide bonds. The van der Waals surface area contributed by atoms with Gasteiger partial charge in [-0.1, -0.05) is 70.4 Å². The Morgan fingerprint density at radius 2 is 1.86 bits per heavy atom. The molecule has 0 saturated heterocycles. The molecule has 36 heavy (non-hydrogen) atoms. The van der Waals surface area contributed by atoms with E-state index in [1.54, 1.807) is 0 Å². The Hall–Kier alpha value is -2.51. The fraction of sp³-hybridized carbons (Fsp3) is 0.621. The first-order valence-electron chi connectivity index (χ1n) is 13.7. The van der Waals surface area contributed by atoms with E-state index in [2.05, 4.69) is 30.7 Å². The largest absolute Gasteiger partial charge is 0.382 e. The van der Waals surface area contributed by atoms with Crippen LogP contribution in [0.15, 0.2) is 35.1 Å². The van der Waals surface area contributed by atoms with Gasteiger partial charge >= 0.3 is 0 Å². The fourth-order valence-electron chi connectivity index (χ4n) is 4.46. The predicted octanol–water partition coefficient (Wildman–Crippen LogP) is 5.08. The summed E-state index contributed by atoms with van der Waals surface area (Å²) in [5.74, 6) is 0.732. The highest BCUT2D eigenvalue weighted by atomic mass is 16.5. The third kappa shape index (κ3) is 9.17. The number of benzene rings is 1. The van der Waals surface area contributed by atoms with Crippen LogP contribution in [0.5, 0.6) is 0 Å². The molecule has 2 atom stereocenters. The van der Waals surface area contributed by atoms with Crippen molar-refractivity contribution in [3.05, 3.63) is 51.9 Å². The van der Waals surface area contributed by atoms with Crippen LogP contribution < -0.4 is 11.3 Å². The molecule has 4 rings (SSSR count). The monoisotopic (exact) mass is 498 g/mol. The van der Waals surface area contributed by atoms with Crippen molar-refractivity contribution in [2.24, 2.45) is 11.7 Å². The van der Waals surface area contributed by atoms with Crippen LogP contribution in [0.1, 0.15) is 83.9 Å². The van der Waals surface area contributed by atoms with Crippen molar-refractivity contribution in [1.29, 1.82) is 0 Å². The lowest BCUT2D eigenvalue weighted by Gasteiger charge is -2.30. The van der Waals surface area contributed by atoms with E-state index in [1.807, 2.05) is 42.2 Å². The lowest BCUT2D eigenvalue weighted by molar-refractivity contribution is -0.136. The molecule has 1 aromatic carbocycles. The zero-order chi connectivity index (χ0) is 26.3. The molecule has 1 aliphatic heterocycles. The first-order chi connectivity index (χ1) is 17.4. The van der Waals surface area contributed by atoms with Crippen molar-refractivity contribution in [2.75, 3.05) is 19.8 Å². The molecule has 2 heterocycles. The maximum Gasteiger partial charge on any atom is 0.254 e. The molecule has 0 unspecified atom stereocenters. The average Bonchev–Trinajstić information content (AvgIpc) is 3.33. The quantitative estimate of drug-likeness (QED) is 0.519. The summed E-state index contributed by atoms with van der Waals surface area (Å²) >= 11 is 0. The van der Waals surface area contributed by atoms with E-state index in [1.165, 1.54) is 25.7 Å². The summed E-state index contributed by atoms with van der Waals surface area (Å²) in [6.45, 7) is 11.3. The number of nitrogens with two attached hydrogens (primary N) is 1. The van der Waals surface area contributed by atoms with Crippen LogP contribution >= 0.6 is 0 Å². The topological polar surface area (TPSA) is 101 Å². The summed E-state index contributed by atoms with van der Waals surface area (Å²) < 4.78 is 5.14. The highest BCUT2D eigenvalue weighted by Crippen LogP contribution is 2.28. The Balaban J connectivity index is 0.000000352. The van der Waals surface area contributed by atoms with Gasteiger partial charge in [0.25, 0.3) is 5.56 Å². The van der Waals surface area contributed by atoms with Gasteiger partial charge in [0, 0.05) is 42.8 Å². The van der Waals surface area contributed by atoms with Crippen LogP contribution in [0.3, 0.4) is 0 Å². The smallest absolute Gasteiger partial charge is 0.254 e. The molecule has 3 N–H and O–H groups in total. The third-order valence-corrected chi connectivity index (χ3v) is 6.35. The maximum atomic E-state index is 12.8. The predicted molar refractivity (Wildman–Crippen MR) is 147 cm³/mol. The summed E-state index contributed by atoms with van der Waals surface area (Å²) in [7, 11) is 0. The second-order valence-corrected chi connectivity index (χ2v) is 9.60. The molecule has 200 valence electrons. The van der Waals surface area contributed by atoms with Gasteiger partial charge in [0.2, 0.25) is 5.91 Å². The van der Waals surface area contributed by atoms with Crippen molar-refractivity contribution in [1.82, 2.24) is 14.9 Å². The van der Waals surface area contributed by atoms with E-state index in [0.717, 1.165) is 38.0 Å². The van der Waals surface area contributed by atoms with Crippen LogP contribution in [-0.4, -0.2) is 46.6 Å². The second kappa shape index (κ2) is 16.3. The number of unbranched alkanes of at least 4 members (excludes halogenated alkanes) is 2. The highest BCUT2D eigenvalue weighted by Gasteiger charge is 2.33. The lowest BCUT2D eigenvalue weighted by atomic mass is 10.0. The summed E-state index contributed by atoms with van der Waals surface area (Å²) in [5.41, 5.74) is 8.13. The number of fused-ring (bicyclic) bond motifs is 1. The van der Waals surface area contributed by atoms with Gasteiger partial charge in [0.05, 0.1) is 12.2 Å². The van der Waals surface area contributed by atoms with Gasteiger partial charge in [-0.25, -0.2) is 4.98 Å². The standard InChI is InChI=1S/C19H22N4O2.C7H16O.C3H8/c20-14-7-6-13(10-14)19(25)23-9-8-15-16(11-23)21-17(22-18(15)24)12-4-2-1-3-5-12;1-3-5-6-7-8-4-2;1-3-2/h1-5,13-14H,6-11,20H2,(H,21,22,24);3-7H2,1-2H3;3H2,1-2H3/t13-,14+;;/m0../s1. The zero-order valence-corrected chi connectivity index (χ0v) is 22.7. The molecule has 1 aromatic heterocycles. The van der Waals surface area contributed by atoms with Crippen LogP contribution in [-0.2, 0) is 22.5 Å². The van der Waals surface area contributed by atoms with Crippen molar-refractivity contribution >= 4 is 5.91 Å². The number of ether oxygens (including phenoxy) is 1. The Morgan fingerprint density at radius 3 is 2.47 bits per heavy atom. The summed E-state index contributed by atoms with van der Waals surface area (Å²) in [6, 6.07) is 9.71. The van der Waals surface area contributed by atoms with Crippen molar-refractivity contribution in [2.45, 2.75) is 91.6 Å². The van der Waals surface area contributed by atoms with E-state index in [9.17, 15) is 9.59 Å². The van der Waals surface area contributed by atoms with Gasteiger partial charge in [-0.3, -0.25) is 9.59 Å². The van der Waals surface area contributed by atoms with E-state index < -0.39 is 0 Å². The minimum Gasteiger partial charge on any atom is -0.382 e. The van der Waals surface area contributed by atoms with Gasteiger partial charge < -0.3 is 20.4 Å². The molecule has 7 heteroatoms. The maximum absolute atomic E-state index is 12.8. The number of nitrogens with zero attached hydrogens (tertiary/aromatic N) is 2. The molecule has 1 aliphatic carbocycles. The Kier molecular flexibility index (Phi) is 13.4. The average molecular weight is 499 g/mol. The number of nitrogens with one attached hydrogen (secondary N) is 1. The lowest BCUT2D eigenvalue weighted by Crippen LogP contribution is -2.41. The number of H-pyrrole nitrogens is 1. The van der Waals surface area contributed by atoms with E-state index >= 15 is 0 Å². The first kappa shape index (κ1) is 29.7. The summed E-state index contributed by atoms with van der Waals surface area (Å²) in [6.07, 6.45) is 8.16. The minimum absolute atomic E-state index is 0.0205. The molecular weight excluding hydrogens is 452 g/mol. The van der Waals surface area contributed by atoms with E-state index in [-0.39, 0.29) is 23.4 Å². The summed E-state index contributed by atoms with van der Waals surface area (Å²) in [5, 5.41) is 0. The number of carbonyl (C=O) groups is 1. The van der Waals surface area contributed by atoms with Gasteiger partial charge in [-0.05, 0) is 39.0 Å². The normalized spacial score (nSPS) is 18.4. The fourth-order valence-corrected chi connectivity index (χ4v) is 4.46. The number of aromatic amines is 1. The number of carbonyl (C=O) groups excluding carboxylic acids is 1. The molecule has 0 radical (unpaired) electrons. The van der Waals surface area contributed by atoms with Crippen LogP contribution in [0, 0.1) is 5.92 Å².